The van der Waals surface area contributed by atoms with E-state index in [0.717, 1.165) is 30.6 Å². The van der Waals surface area contributed by atoms with E-state index in [2.05, 4.69) is 32.9 Å². The minimum Gasteiger partial charge on any atom is -0.497 e. The van der Waals surface area contributed by atoms with E-state index in [0.29, 0.717) is 23.5 Å². The topological polar surface area (TPSA) is 44.8 Å². The molecule has 1 heterocycles. The zero-order valence-corrected chi connectivity index (χ0v) is 20.2. The Kier molecular flexibility index (Phi) is 7.42. The molecule has 0 bridgehead atoms. The number of ether oxygens (including phenoxy) is 3. The molecule has 0 saturated heterocycles. The van der Waals surface area contributed by atoms with Gasteiger partial charge in [0.1, 0.15) is 18.0 Å². The number of allylic oxidation sites excluding steroid dienone is 1. The molecule has 0 aromatic heterocycles. The van der Waals surface area contributed by atoms with Crippen LogP contribution in [0.1, 0.15) is 69.6 Å². The highest BCUT2D eigenvalue weighted by Crippen LogP contribution is 2.40. The number of rotatable bonds is 6. The molecular formula is C29H36O4. The lowest BCUT2D eigenvalue weighted by Gasteiger charge is -2.37. The van der Waals surface area contributed by atoms with Gasteiger partial charge >= 0.3 is 5.97 Å². The van der Waals surface area contributed by atoms with E-state index < -0.39 is 0 Å². The third-order valence-electron chi connectivity index (χ3n) is 7.23. The van der Waals surface area contributed by atoms with Crippen LogP contribution < -0.4 is 4.74 Å². The molecule has 4 nitrogen and oxygen atoms in total. The Hall–Kier alpha value is -2.75. The first-order chi connectivity index (χ1) is 15.9. The Balaban J connectivity index is 1.58. The SMILES string of the molecule is COc1ccc([C@@H]2C[C@H](c3ccccc3)C=C(C(=O)O[C@@H]3C[C@H](C)CC[C@H]3C(C)C)O2)cc1. The molecule has 1 fully saturated rings. The molecule has 0 radical (unpaired) electrons. The van der Waals surface area contributed by atoms with Gasteiger partial charge in [0.15, 0.2) is 0 Å². The fourth-order valence-corrected chi connectivity index (χ4v) is 5.24. The van der Waals surface area contributed by atoms with Gasteiger partial charge in [-0.3, -0.25) is 0 Å². The van der Waals surface area contributed by atoms with Crippen molar-refractivity contribution in [1.82, 2.24) is 0 Å². The first kappa shape index (κ1) is 23.4. The van der Waals surface area contributed by atoms with Crippen molar-refractivity contribution in [2.24, 2.45) is 17.8 Å². The lowest BCUT2D eigenvalue weighted by molar-refractivity contribution is -0.157. The van der Waals surface area contributed by atoms with Crippen molar-refractivity contribution in [3.63, 3.8) is 0 Å². The predicted molar refractivity (Wildman–Crippen MR) is 130 cm³/mol. The van der Waals surface area contributed by atoms with E-state index in [4.69, 9.17) is 14.2 Å². The van der Waals surface area contributed by atoms with Crippen molar-refractivity contribution < 1.29 is 19.0 Å². The average Bonchev–Trinajstić information content (AvgIpc) is 2.84. The summed E-state index contributed by atoms with van der Waals surface area (Å²) in [7, 11) is 1.66. The van der Waals surface area contributed by atoms with Crippen LogP contribution in [0.5, 0.6) is 5.75 Å². The maximum atomic E-state index is 13.4. The van der Waals surface area contributed by atoms with Crippen molar-refractivity contribution >= 4 is 5.97 Å². The molecule has 0 amide bonds. The summed E-state index contributed by atoms with van der Waals surface area (Å²) in [5.41, 5.74) is 2.21. The van der Waals surface area contributed by atoms with Crippen molar-refractivity contribution in [2.45, 2.75) is 64.6 Å². The summed E-state index contributed by atoms with van der Waals surface area (Å²) in [4.78, 5) is 13.4. The van der Waals surface area contributed by atoms with Crippen LogP contribution in [-0.4, -0.2) is 19.2 Å². The molecule has 4 rings (SSSR count). The molecule has 2 aliphatic rings. The fraction of sp³-hybridized carbons (Fsp3) is 0.483. The van der Waals surface area contributed by atoms with E-state index in [9.17, 15) is 4.79 Å². The number of carbonyl (C=O) groups excluding carboxylic acids is 1. The normalized spacial score (nSPS) is 27.4. The summed E-state index contributed by atoms with van der Waals surface area (Å²) in [6, 6.07) is 18.2. The van der Waals surface area contributed by atoms with E-state index in [-0.39, 0.29) is 24.1 Å². The molecule has 33 heavy (non-hydrogen) atoms. The monoisotopic (exact) mass is 448 g/mol. The van der Waals surface area contributed by atoms with Crippen LogP contribution >= 0.6 is 0 Å². The van der Waals surface area contributed by atoms with Crippen LogP contribution in [0.15, 0.2) is 66.4 Å². The van der Waals surface area contributed by atoms with Gasteiger partial charge in [-0.1, -0.05) is 69.7 Å². The maximum Gasteiger partial charge on any atom is 0.373 e. The zero-order valence-electron chi connectivity index (χ0n) is 20.2. The Labute approximate surface area is 197 Å². The van der Waals surface area contributed by atoms with Crippen LogP contribution in [0, 0.1) is 17.8 Å². The van der Waals surface area contributed by atoms with Crippen LogP contribution in [0.4, 0.5) is 0 Å². The lowest BCUT2D eigenvalue weighted by Crippen LogP contribution is -2.36. The molecular weight excluding hydrogens is 412 g/mol. The second kappa shape index (κ2) is 10.5. The summed E-state index contributed by atoms with van der Waals surface area (Å²) in [6.07, 6.45) is 5.67. The van der Waals surface area contributed by atoms with Crippen molar-refractivity contribution in [1.29, 1.82) is 0 Å². The third-order valence-corrected chi connectivity index (χ3v) is 7.23. The Bertz CT molecular complexity index is 947. The van der Waals surface area contributed by atoms with E-state index in [1.807, 2.05) is 48.5 Å². The molecule has 1 saturated carbocycles. The Morgan fingerprint density at radius 2 is 1.70 bits per heavy atom. The van der Waals surface area contributed by atoms with Crippen molar-refractivity contribution in [2.75, 3.05) is 7.11 Å². The van der Waals surface area contributed by atoms with E-state index >= 15 is 0 Å². The third kappa shape index (κ3) is 5.61. The summed E-state index contributed by atoms with van der Waals surface area (Å²) >= 11 is 0. The molecule has 0 unspecified atom stereocenters. The number of esters is 1. The molecule has 1 aliphatic heterocycles. The lowest BCUT2D eigenvalue weighted by atomic mass is 9.75. The highest BCUT2D eigenvalue weighted by molar-refractivity contribution is 5.86. The van der Waals surface area contributed by atoms with E-state index in [1.54, 1.807) is 7.11 Å². The summed E-state index contributed by atoms with van der Waals surface area (Å²) < 4.78 is 17.7. The van der Waals surface area contributed by atoms with Gasteiger partial charge in [-0.05, 0) is 66.4 Å². The van der Waals surface area contributed by atoms with Gasteiger partial charge in [0.05, 0.1) is 7.11 Å². The fourth-order valence-electron chi connectivity index (χ4n) is 5.24. The first-order valence-electron chi connectivity index (χ1n) is 12.2. The van der Waals surface area contributed by atoms with Gasteiger partial charge in [0, 0.05) is 5.92 Å². The molecule has 4 heteroatoms. The Morgan fingerprint density at radius 3 is 2.36 bits per heavy atom. The molecule has 0 spiro atoms. The summed E-state index contributed by atoms with van der Waals surface area (Å²) in [6.45, 7) is 6.70. The van der Waals surface area contributed by atoms with Gasteiger partial charge in [-0.2, -0.15) is 0 Å². The number of carbonyl (C=O) groups is 1. The second-order valence-electron chi connectivity index (χ2n) is 9.93. The van der Waals surface area contributed by atoms with Gasteiger partial charge in [0.25, 0.3) is 0 Å². The molecule has 0 N–H and O–H groups in total. The van der Waals surface area contributed by atoms with Gasteiger partial charge < -0.3 is 14.2 Å². The molecule has 2 aromatic rings. The van der Waals surface area contributed by atoms with Gasteiger partial charge in [0.2, 0.25) is 5.76 Å². The zero-order chi connectivity index (χ0) is 23.4. The van der Waals surface area contributed by atoms with Crippen molar-refractivity contribution in [3.8, 4) is 5.75 Å². The Morgan fingerprint density at radius 1 is 0.970 bits per heavy atom. The number of methoxy groups -OCH3 is 1. The largest absolute Gasteiger partial charge is 0.497 e. The second-order valence-corrected chi connectivity index (χ2v) is 9.93. The van der Waals surface area contributed by atoms with Gasteiger partial charge in [-0.25, -0.2) is 4.79 Å². The highest BCUT2D eigenvalue weighted by Gasteiger charge is 2.36. The number of hydrogen-bond donors (Lipinski definition) is 0. The number of benzene rings is 2. The number of hydrogen-bond acceptors (Lipinski definition) is 4. The smallest absolute Gasteiger partial charge is 0.373 e. The summed E-state index contributed by atoms with van der Waals surface area (Å²) in [5.74, 6) is 2.34. The van der Waals surface area contributed by atoms with Gasteiger partial charge in [-0.15, -0.1) is 0 Å². The van der Waals surface area contributed by atoms with Crippen LogP contribution in [-0.2, 0) is 14.3 Å². The maximum absolute atomic E-state index is 13.4. The quantitative estimate of drug-likeness (QED) is 0.454. The van der Waals surface area contributed by atoms with E-state index in [1.165, 1.54) is 12.0 Å². The minimum atomic E-state index is -0.334. The standard InChI is InChI=1S/C29H36O4/c1-19(2)25-15-10-20(3)16-27(25)33-29(30)28-18-23(21-8-6-5-7-9-21)17-26(32-28)22-11-13-24(31-4)14-12-22/h5-9,11-14,18-20,23,25-27H,10,15-17H2,1-4H3/t20-,23+,25+,26+,27-/m1/s1. The molecule has 1 aliphatic carbocycles. The van der Waals surface area contributed by atoms with Crippen LogP contribution in [0.3, 0.4) is 0 Å². The predicted octanol–water partition coefficient (Wildman–Crippen LogP) is 6.83. The molecule has 5 atom stereocenters. The highest BCUT2D eigenvalue weighted by atomic mass is 16.6. The van der Waals surface area contributed by atoms with Crippen molar-refractivity contribution in [3.05, 3.63) is 77.6 Å². The summed E-state index contributed by atoms with van der Waals surface area (Å²) in [5, 5.41) is 0. The van der Waals surface area contributed by atoms with Crippen LogP contribution in [0.2, 0.25) is 0 Å². The molecule has 176 valence electrons. The first-order valence-corrected chi connectivity index (χ1v) is 12.2. The molecule has 2 aromatic carbocycles. The van der Waals surface area contributed by atoms with Crippen LogP contribution in [0.25, 0.3) is 0 Å². The minimum absolute atomic E-state index is 0.0534. The average molecular weight is 449 g/mol.